The molecule has 0 saturated carbocycles. The van der Waals surface area contributed by atoms with Crippen molar-refractivity contribution < 1.29 is 8.42 Å². The molecule has 2 aliphatic heterocycles. The summed E-state index contributed by atoms with van der Waals surface area (Å²) in [4.78, 5) is 2.32. The predicted octanol–water partition coefficient (Wildman–Crippen LogP) is -0.771. The van der Waals surface area contributed by atoms with Gasteiger partial charge < -0.3 is 0 Å². The molecular weight excluding hydrogens is 202 g/mol. The second-order valence-electron chi connectivity index (χ2n) is 4.21. The molecule has 0 radical (unpaired) electrons. The Labute approximate surface area is 85.2 Å². The third kappa shape index (κ3) is 1.67. The van der Waals surface area contributed by atoms with Crippen LogP contribution in [0.3, 0.4) is 0 Å². The molecule has 6 heteroatoms. The fourth-order valence-electron chi connectivity index (χ4n) is 2.10. The van der Waals surface area contributed by atoms with Gasteiger partial charge in [0.15, 0.2) is 0 Å². The highest BCUT2D eigenvalue weighted by molar-refractivity contribution is 7.87. The summed E-state index contributed by atoms with van der Waals surface area (Å²) in [5.74, 6) is 0. The fraction of sp³-hybridized carbons (Fsp3) is 1.00. The maximum atomic E-state index is 11.5. The number of hydrogen-bond acceptors (Lipinski definition) is 3. The van der Waals surface area contributed by atoms with Gasteiger partial charge in [-0.25, -0.2) is 4.72 Å². The molecule has 2 rings (SSSR count). The van der Waals surface area contributed by atoms with E-state index >= 15 is 0 Å². The molecule has 0 aromatic rings. The molecule has 2 saturated heterocycles. The van der Waals surface area contributed by atoms with E-state index < -0.39 is 10.2 Å². The average molecular weight is 219 g/mol. The van der Waals surface area contributed by atoms with Crippen LogP contribution in [0.1, 0.15) is 13.8 Å². The Morgan fingerprint density at radius 3 is 2.71 bits per heavy atom. The van der Waals surface area contributed by atoms with Crippen LogP contribution in [0.25, 0.3) is 0 Å². The molecule has 0 spiro atoms. The normalized spacial score (nSPS) is 33.5. The SMILES string of the molecule is CC(C)N1CCN2C(CNS2(=O)=O)C1. The van der Waals surface area contributed by atoms with E-state index in [4.69, 9.17) is 0 Å². The number of piperazine rings is 1. The van der Waals surface area contributed by atoms with E-state index in [1.54, 1.807) is 4.31 Å². The van der Waals surface area contributed by atoms with Gasteiger partial charge in [0.25, 0.3) is 10.2 Å². The summed E-state index contributed by atoms with van der Waals surface area (Å²) in [6, 6.07) is 0.636. The zero-order valence-corrected chi connectivity index (χ0v) is 9.42. The zero-order valence-electron chi connectivity index (χ0n) is 8.60. The van der Waals surface area contributed by atoms with E-state index in [0.29, 0.717) is 19.1 Å². The summed E-state index contributed by atoms with van der Waals surface area (Å²) in [5, 5.41) is 0. The zero-order chi connectivity index (χ0) is 10.3. The van der Waals surface area contributed by atoms with Crippen molar-refractivity contribution in [2.45, 2.75) is 25.9 Å². The first-order chi connectivity index (χ1) is 6.50. The number of nitrogens with zero attached hydrogens (tertiary/aromatic N) is 2. The summed E-state index contributed by atoms with van der Waals surface area (Å²) < 4.78 is 27.1. The van der Waals surface area contributed by atoms with Crippen LogP contribution in [-0.2, 0) is 10.2 Å². The lowest BCUT2D eigenvalue weighted by Crippen LogP contribution is -2.53. The monoisotopic (exact) mass is 219 g/mol. The topological polar surface area (TPSA) is 52.6 Å². The van der Waals surface area contributed by atoms with Crippen molar-refractivity contribution in [1.29, 1.82) is 0 Å². The van der Waals surface area contributed by atoms with Gasteiger partial charge in [0.2, 0.25) is 0 Å². The van der Waals surface area contributed by atoms with Gasteiger partial charge in [0.05, 0.1) is 6.04 Å². The molecule has 0 amide bonds. The molecule has 0 aliphatic carbocycles. The van der Waals surface area contributed by atoms with Crippen molar-refractivity contribution >= 4 is 10.2 Å². The van der Waals surface area contributed by atoms with Crippen LogP contribution >= 0.6 is 0 Å². The van der Waals surface area contributed by atoms with Gasteiger partial charge in [-0.05, 0) is 13.8 Å². The first-order valence-corrected chi connectivity index (χ1v) is 6.45. The van der Waals surface area contributed by atoms with Crippen LogP contribution < -0.4 is 4.72 Å². The first-order valence-electron chi connectivity index (χ1n) is 5.01. The molecule has 5 nitrogen and oxygen atoms in total. The summed E-state index contributed by atoms with van der Waals surface area (Å²) >= 11 is 0. The van der Waals surface area contributed by atoms with Crippen molar-refractivity contribution in [3.05, 3.63) is 0 Å². The molecular formula is C8H17N3O2S. The van der Waals surface area contributed by atoms with Gasteiger partial charge >= 0.3 is 0 Å². The Morgan fingerprint density at radius 2 is 2.07 bits per heavy atom. The van der Waals surface area contributed by atoms with Gasteiger partial charge in [-0.2, -0.15) is 12.7 Å². The Kier molecular flexibility index (Phi) is 2.55. The number of hydrogen-bond donors (Lipinski definition) is 1. The quantitative estimate of drug-likeness (QED) is 0.630. The van der Waals surface area contributed by atoms with Crippen LogP contribution in [0.4, 0.5) is 0 Å². The molecule has 2 fully saturated rings. The third-order valence-electron chi connectivity index (χ3n) is 3.00. The molecule has 2 aliphatic rings. The second-order valence-corrected chi connectivity index (χ2v) is 5.91. The van der Waals surface area contributed by atoms with Gasteiger partial charge in [-0.1, -0.05) is 0 Å². The second kappa shape index (κ2) is 3.44. The minimum absolute atomic E-state index is 0.135. The van der Waals surface area contributed by atoms with Gasteiger partial charge in [0.1, 0.15) is 0 Å². The summed E-state index contributed by atoms with van der Waals surface area (Å²) in [6.45, 7) is 7.17. The van der Waals surface area contributed by atoms with Crippen LogP contribution in [0.5, 0.6) is 0 Å². The molecule has 14 heavy (non-hydrogen) atoms. The molecule has 1 N–H and O–H groups in total. The molecule has 1 atom stereocenters. The third-order valence-corrected chi connectivity index (χ3v) is 4.63. The van der Waals surface area contributed by atoms with E-state index in [1.165, 1.54) is 0 Å². The van der Waals surface area contributed by atoms with Crippen molar-refractivity contribution in [3.8, 4) is 0 Å². The Bertz CT molecular complexity index is 315. The molecule has 0 bridgehead atoms. The standard InChI is InChI=1S/C8H17N3O2S/c1-7(2)10-3-4-11-8(6-10)5-9-14(11,12)13/h7-9H,3-6H2,1-2H3. The lowest BCUT2D eigenvalue weighted by molar-refractivity contribution is 0.120. The van der Waals surface area contributed by atoms with Gasteiger partial charge in [0, 0.05) is 32.2 Å². The smallest absolute Gasteiger partial charge is 0.279 e. The van der Waals surface area contributed by atoms with Crippen molar-refractivity contribution in [1.82, 2.24) is 13.9 Å². The van der Waals surface area contributed by atoms with Gasteiger partial charge in [-0.3, -0.25) is 4.90 Å². The molecule has 82 valence electrons. The van der Waals surface area contributed by atoms with E-state index in [1.807, 2.05) is 0 Å². The maximum absolute atomic E-state index is 11.5. The van der Waals surface area contributed by atoms with Crippen LogP contribution in [0.15, 0.2) is 0 Å². The lowest BCUT2D eigenvalue weighted by atomic mass is 10.2. The largest absolute Gasteiger partial charge is 0.298 e. The Hall–Kier alpha value is -0.170. The Morgan fingerprint density at radius 1 is 1.36 bits per heavy atom. The fourth-order valence-corrected chi connectivity index (χ4v) is 3.52. The summed E-state index contributed by atoms with van der Waals surface area (Å²) in [5.41, 5.74) is 0. The van der Waals surface area contributed by atoms with E-state index in [2.05, 4.69) is 23.5 Å². The Balaban J connectivity index is 2.09. The lowest BCUT2D eigenvalue weighted by Gasteiger charge is -2.37. The highest BCUT2D eigenvalue weighted by Gasteiger charge is 2.40. The van der Waals surface area contributed by atoms with Gasteiger partial charge in [-0.15, -0.1) is 0 Å². The maximum Gasteiger partial charge on any atom is 0.279 e. The highest BCUT2D eigenvalue weighted by atomic mass is 32.2. The number of rotatable bonds is 1. The highest BCUT2D eigenvalue weighted by Crippen LogP contribution is 2.19. The van der Waals surface area contributed by atoms with Crippen molar-refractivity contribution in [2.75, 3.05) is 26.2 Å². The number of fused-ring (bicyclic) bond motifs is 1. The van der Waals surface area contributed by atoms with Crippen molar-refractivity contribution in [2.24, 2.45) is 0 Å². The average Bonchev–Trinajstić information content (AvgIpc) is 2.42. The minimum atomic E-state index is -3.14. The summed E-state index contributed by atoms with van der Waals surface area (Å²) in [7, 11) is -3.14. The van der Waals surface area contributed by atoms with Crippen molar-refractivity contribution in [3.63, 3.8) is 0 Å². The first kappa shape index (κ1) is 10.4. The minimum Gasteiger partial charge on any atom is -0.298 e. The van der Waals surface area contributed by atoms with Crippen LogP contribution in [0.2, 0.25) is 0 Å². The molecule has 0 aromatic carbocycles. The predicted molar refractivity (Wildman–Crippen MR) is 54.1 cm³/mol. The van der Waals surface area contributed by atoms with Crippen LogP contribution in [-0.4, -0.2) is 55.9 Å². The number of nitrogens with one attached hydrogen (secondary N) is 1. The molecule has 1 unspecified atom stereocenters. The van der Waals surface area contributed by atoms with E-state index in [-0.39, 0.29) is 6.04 Å². The summed E-state index contributed by atoms with van der Waals surface area (Å²) in [6.07, 6.45) is 0. The van der Waals surface area contributed by atoms with Crippen LogP contribution in [0, 0.1) is 0 Å². The van der Waals surface area contributed by atoms with E-state index in [0.717, 1.165) is 13.1 Å². The van der Waals surface area contributed by atoms with E-state index in [9.17, 15) is 8.42 Å². The molecule has 2 heterocycles. The molecule has 0 aromatic heterocycles.